The van der Waals surface area contributed by atoms with Crippen molar-refractivity contribution in [2.75, 3.05) is 43.6 Å². The summed E-state index contributed by atoms with van der Waals surface area (Å²) in [5.41, 5.74) is 7.24. The van der Waals surface area contributed by atoms with Crippen LogP contribution in [-0.2, 0) is 9.53 Å². The van der Waals surface area contributed by atoms with Crippen molar-refractivity contribution in [1.29, 1.82) is 0 Å². The number of nitrogens with one attached hydrogen (secondary N) is 2. The van der Waals surface area contributed by atoms with E-state index in [2.05, 4.69) is 20.5 Å². The lowest BCUT2D eigenvalue weighted by Crippen LogP contribution is -2.36. The van der Waals surface area contributed by atoms with Crippen molar-refractivity contribution < 1.29 is 19.1 Å². The first kappa shape index (κ1) is 24.0. The van der Waals surface area contributed by atoms with Crippen LogP contribution in [-0.4, -0.2) is 60.6 Å². The van der Waals surface area contributed by atoms with Crippen LogP contribution in [0.4, 0.5) is 11.4 Å². The van der Waals surface area contributed by atoms with Crippen LogP contribution >= 0.6 is 11.6 Å². The highest BCUT2D eigenvalue weighted by Gasteiger charge is 2.31. The third-order valence-electron chi connectivity index (χ3n) is 6.51. The van der Waals surface area contributed by atoms with E-state index in [-0.39, 0.29) is 29.3 Å². The fourth-order valence-electron chi connectivity index (χ4n) is 4.64. The number of primary amides is 1. The third-order valence-corrected chi connectivity index (χ3v) is 6.84. The van der Waals surface area contributed by atoms with E-state index < -0.39 is 11.8 Å². The molecule has 4 rings (SSSR count). The van der Waals surface area contributed by atoms with Gasteiger partial charge in [-0.15, -0.1) is 0 Å². The van der Waals surface area contributed by atoms with Gasteiger partial charge in [0.15, 0.2) is 5.69 Å². The van der Waals surface area contributed by atoms with Gasteiger partial charge in [0.25, 0.3) is 11.8 Å². The lowest BCUT2D eigenvalue weighted by molar-refractivity contribution is -0.121. The molecular weight excluding hydrogens is 460 g/mol. The van der Waals surface area contributed by atoms with Gasteiger partial charge in [-0.25, -0.2) is 4.98 Å². The second kappa shape index (κ2) is 10.4. The fraction of sp³-hybridized carbons (Fsp3) is 0.478. The van der Waals surface area contributed by atoms with Crippen molar-refractivity contribution in [3.8, 4) is 0 Å². The molecule has 1 aliphatic heterocycles. The molecule has 34 heavy (non-hydrogen) atoms. The maximum Gasteiger partial charge on any atom is 0.272 e. The highest BCUT2D eigenvalue weighted by molar-refractivity contribution is 6.33. The van der Waals surface area contributed by atoms with E-state index in [0.29, 0.717) is 49.6 Å². The number of carbonyl (C=O) groups excluding carboxylic acids is 3. The Morgan fingerprint density at radius 3 is 2.50 bits per heavy atom. The summed E-state index contributed by atoms with van der Waals surface area (Å²) < 4.78 is 7.08. The second-order valence-corrected chi connectivity index (χ2v) is 8.96. The number of aromatic nitrogens is 2. The summed E-state index contributed by atoms with van der Waals surface area (Å²) in [6, 6.07) is 5.59. The summed E-state index contributed by atoms with van der Waals surface area (Å²) in [4.78, 5) is 43.4. The summed E-state index contributed by atoms with van der Waals surface area (Å²) in [6.45, 7) is 2.93. The minimum atomic E-state index is -0.703. The predicted molar refractivity (Wildman–Crippen MR) is 128 cm³/mol. The Morgan fingerprint density at radius 2 is 1.85 bits per heavy atom. The lowest BCUT2D eigenvalue weighted by atomic mass is 9.85. The number of benzene rings is 1. The van der Waals surface area contributed by atoms with Crippen molar-refractivity contribution in [2.24, 2.45) is 11.7 Å². The van der Waals surface area contributed by atoms with Gasteiger partial charge in [-0.2, -0.15) is 0 Å². The molecule has 2 heterocycles. The number of halogens is 1. The number of amides is 3. The molecule has 0 atom stereocenters. The van der Waals surface area contributed by atoms with Crippen LogP contribution in [0, 0.1) is 5.92 Å². The zero-order chi connectivity index (χ0) is 24.2. The van der Waals surface area contributed by atoms with Gasteiger partial charge in [-0.1, -0.05) is 11.6 Å². The molecule has 10 nitrogen and oxygen atoms in total. The Bertz CT molecular complexity index is 1070. The van der Waals surface area contributed by atoms with Crippen LogP contribution in [0.15, 0.2) is 24.5 Å². The smallest absolute Gasteiger partial charge is 0.272 e. The van der Waals surface area contributed by atoms with Gasteiger partial charge in [0.1, 0.15) is 5.69 Å². The van der Waals surface area contributed by atoms with Crippen molar-refractivity contribution in [3.05, 3.63) is 40.9 Å². The first-order valence-corrected chi connectivity index (χ1v) is 11.8. The molecule has 4 N–H and O–H groups in total. The van der Waals surface area contributed by atoms with Crippen LogP contribution in [0.5, 0.6) is 0 Å². The lowest BCUT2D eigenvalue weighted by Gasteiger charge is -2.30. The molecule has 2 aliphatic rings. The summed E-state index contributed by atoms with van der Waals surface area (Å²) in [5.74, 6) is -1.42. The molecule has 0 bridgehead atoms. The number of hydrogen-bond donors (Lipinski definition) is 3. The number of anilines is 2. The van der Waals surface area contributed by atoms with Crippen molar-refractivity contribution in [1.82, 2.24) is 14.9 Å². The highest BCUT2D eigenvalue weighted by atomic mass is 35.5. The van der Waals surface area contributed by atoms with E-state index >= 15 is 0 Å². The minimum Gasteiger partial charge on any atom is -0.378 e. The number of morpholine rings is 1. The SMILES string of the molecule is CNC(=O)c1ncn(C2CCC(C(=O)Nc3cc(N4CCOCC4)ccc3Cl)CC2)c1C(N)=O. The van der Waals surface area contributed by atoms with E-state index in [1.165, 1.54) is 13.4 Å². The van der Waals surface area contributed by atoms with E-state index in [1.807, 2.05) is 12.1 Å². The molecule has 1 saturated carbocycles. The average Bonchev–Trinajstić information content (AvgIpc) is 3.31. The highest BCUT2D eigenvalue weighted by Crippen LogP contribution is 2.35. The van der Waals surface area contributed by atoms with Crippen molar-refractivity contribution in [3.63, 3.8) is 0 Å². The van der Waals surface area contributed by atoms with Gasteiger partial charge in [0.2, 0.25) is 5.91 Å². The number of ether oxygens (including phenoxy) is 1. The van der Waals surface area contributed by atoms with Crippen molar-refractivity contribution >= 4 is 40.7 Å². The first-order chi connectivity index (χ1) is 16.4. The molecule has 182 valence electrons. The van der Waals surface area contributed by atoms with Gasteiger partial charge in [0, 0.05) is 37.8 Å². The van der Waals surface area contributed by atoms with E-state index in [1.54, 1.807) is 10.6 Å². The number of nitrogens with two attached hydrogens (primary N) is 1. The minimum absolute atomic E-state index is 0.0182. The molecule has 0 unspecified atom stereocenters. The maximum absolute atomic E-state index is 13.0. The fourth-order valence-corrected chi connectivity index (χ4v) is 4.81. The molecule has 0 radical (unpaired) electrons. The summed E-state index contributed by atoms with van der Waals surface area (Å²) in [7, 11) is 1.47. The molecule has 11 heteroatoms. The largest absolute Gasteiger partial charge is 0.378 e. The maximum atomic E-state index is 13.0. The topological polar surface area (TPSA) is 132 Å². The molecule has 3 amide bonds. The normalized spacial score (nSPS) is 20.6. The Labute approximate surface area is 202 Å². The van der Waals surface area contributed by atoms with E-state index in [9.17, 15) is 14.4 Å². The second-order valence-electron chi connectivity index (χ2n) is 8.55. The zero-order valence-electron chi connectivity index (χ0n) is 19.1. The quantitative estimate of drug-likeness (QED) is 0.571. The summed E-state index contributed by atoms with van der Waals surface area (Å²) >= 11 is 6.36. The predicted octanol–water partition coefficient (Wildman–Crippen LogP) is 2.20. The first-order valence-electron chi connectivity index (χ1n) is 11.4. The van der Waals surface area contributed by atoms with Gasteiger partial charge in [-0.05, 0) is 43.9 Å². The number of imidazole rings is 1. The Balaban J connectivity index is 1.41. The molecule has 1 aromatic heterocycles. The Kier molecular flexibility index (Phi) is 7.38. The summed E-state index contributed by atoms with van der Waals surface area (Å²) in [6.07, 6.45) is 4.05. The molecule has 0 spiro atoms. The number of rotatable bonds is 6. The molecule has 2 aromatic rings. The Morgan fingerprint density at radius 1 is 1.15 bits per heavy atom. The molecule has 1 saturated heterocycles. The van der Waals surface area contributed by atoms with Gasteiger partial charge in [-0.3, -0.25) is 14.4 Å². The van der Waals surface area contributed by atoms with E-state index in [0.717, 1.165) is 18.8 Å². The monoisotopic (exact) mass is 488 g/mol. The number of hydrogen-bond acceptors (Lipinski definition) is 6. The van der Waals surface area contributed by atoms with Crippen LogP contribution in [0.3, 0.4) is 0 Å². The summed E-state index contributed by atoms with van der Waals surface area (Å²) in [5, 5.41) is 5.96. The van der Waals surface area contributed by atoms with Gasteiger partial charge >= 0.3 is 0 Å². The van der Waals surface area contributed by atoms with Crippen LogP contribution in [0.25, 0.3) is 0 Å². The van der Waals surface area contributed by atoms with Crippen LogP contribution in [0.2, 0.25) is 5.02 Å². The van der Waals surface area contributed by atoms with E-state index in [4.69, 9.17) is 22.1 Å². The molecule has 2 fully saturated rings. The third kappa shape index (κ3) is 5.02. The van der Waals surface area contributed by atoms with Gasteiger partial charge in [0.05, 0.1) is 30.3 Å². The van der Waals surface area contributed by atoms with Crippen LogP contribution < -0.4 is 21.3 Å². The molecule has 1 aliphatic carbocycles. The van der Waals surface area contributed by atoms with Crippen molar-refractivity contribution in [2.45, 2.75) is 31.7 Å². The molecular formula is C23H29ClN6O4. The van der Waals surface area contributed by atoms with Crippen LogP contribution in [0.1, 0.15) is 52.7 Å². The standard InChI is InChI=1S/C23H29ClN6O4/c1-26-23(33)19-20(21(25)31)30(13-27-19)15-4-2-14(3-5-15)22(32)28-18-12-16(6-7-17(18)24)29-8-10-34-11-9-29/h6-7,12-15H,2-5,8-11H2,1H3,(H2,25,31)(H,26,33)(H,28,32). The number of carbonyl (C=O) groups is 3. The number of nitrogens with zero attached hydrogens (tertiary/aromatic N) is 3. The van der Waals surface area contributed by atoms with Gasteiger partial charge < -0.3 is 30.6 Å². The zero-order valence-corrected chi connectivity index (χ0v) is 19.8. The Hall–Kier alpha value is -3.11. The molecule has 1 aromatic carbocycles. The average molecular weight is 489 g/mol.